The van der Waals surface area contributed by atoms with E-state index in [2.05, 4.69) is 15.9 Å². The van der Waals surface area contributed by atoms with E-state index >= 15 is 0 Å². The molecule has 0 radical (unpaired) electrons. The number of nitrogens with zero attached hydrogens (tertiary/aromatic N) is 1. The van der Waals surface area contributed by atoms with E-state index in [0.29, 0.717) is 22.6 Å². The van der Waals surface area contributed by atoms with Crippen molar-refractivity contribution in [2.75, 3.05) is 28.3 Å². The molecule has 2 aromatic carbocycles. The van der Waals surface area contributed by atoms with E-state index in [9.17, 15) is 4.79 Å². The standard InChI is InChI=1S/C19H20BrNO3/c1-21(2)12-17(13-5-7-14(20)8-6-13)19(22)16-11-15(23-3)9-10-18(16)24-4/h5-12H,1-4H3. The molecule has 24 heavy (non-hydrogen) atoms. The Morgan fingerprint density at radius 2 is 1.71 bits per heavy atom. The van der Waals surface area contributed by atoms with Crippen LogP contribution in [0.15, 0.2) is 53.1 Å². The first kappa shape index (κ1) is 18.1. The quantitative estimate of drug-likeness (QED) is 0.546. The highest BCUT2D eigenvalue weighted by atomic mass is 79.9. The predicted molar refractivity (Wildman–Crippen MR) is 99.7 cm³/mol. The molecule has 0 aliphatic carbocycles. The summed E-state index contributed by atoms with van der Waals surface area (Å²) in [6, 6.07) is 12.8. The Balaban J connectivity index is 2.55. The number of carbonyl (C=O) groups is 1. The monoisotopic (exact) mass is 389 g/mol. The third-order valence-corrected chi connectivity index (χ3v) is 3.97. The topological polar surface area (TPSA) is 38.8 Å². The first-order chi connectivity index (χ1) is 11.5. The lowest BCUT2D eigenvalue weighted by Crippen LogP contribution is -2.10. The van der Waals surface area contributed by atoms with Crippen LogP contribution >= 0.6 is 15.9 Å². The van der Waals surface area contributed by atoms with E-state index in [1.54, 1.807) is 32.4 Å². The maximum atomic E-state index is 13.2. The normalized spacial score (nSPS) is 11.1. The molecule has 0 atom stereocenters. The summed E-state index contributed by atoms with van der Waals surface area (Å²) >= 11 is 3.42. The van der Waals surface area contributed by atoms with Crippen LogP contribution in [-0.4, -0.2) is 39.0 Å². The van der Waals surface area contributed by atoms with Crippen LogP contribution in [0.1, 0.15) is 15.9 Å². The van der Waals surface area contributed by atoms with Gasteiger partial charge in [-0.25, -0.2) is 0 Å². The van der Waals surface area contributed by atoms with Gasteiger partial charge in [0.2, 0.25) is 0 Å². The number of carbonyl (C=O) groups excluding carboxylic acids is 1. The lowest BCUT2D eigenvalue weighted by molar-refractivity contribution is 0.105. The Morgan fingerprint density at radius 3 is 2.25 bits per heavy atom. The fraction of sp³-hybridized carbons (Fsp3) is 0.211. The smallest absolute Gasteiger partial charge is 0.198 e. The molecule has 0 aliphatic heterocycles. The van der Waals surface area contributed by atoms with Gasteiger partial charge < -0.3 is 14.4 Å². The van der Waals surface area contributed by atoms with Gasteiger partial charge in [0.15, 0.2) is 5.78 Å². The predicted octanol–water partition coefficient (Wildman–Crippen LogP) is 4.25. The van der Waals surface area contributed by atoms with Crippen molar-refractivity contribution in [3.63, 3.8) is 0 Å². The van der Waals surface area contributed by atoms with Crippen molar-refractivity contribution < 1.29 is 14.3 Å². The fourth-order valence-corrected chi connectivity index (χ4v) is 2.55. The van der Waals surface area contributed by atoms with Crippen LogP contribution in [0, 0.1) is 0 Å². The molecule has 0 unspecified atom stereocenters. The summed E-state index contributed by atoms with van der Waals surface area (Å²) in [5.41, 5.74) is 1.88. The number of ketones is 1. The zero-order valence-corrected chi connectivity index (χ0v) is 15.8. The largest absolute Gasteiger partial charge is 0.497 e. The van der Waals surface area contributed by atoms with E-state index in [1.165, 1.54) is 0 Å². The van der Waals surface area contributed by atoms with Crippen LogP contribution < -0.4 is 9.47 Å². The fourth-order valence-electron chi connectivity index (χ4n) is 2.29. The molecule has 0 fully saturated rings. The molecule has 0 heterocycles. The summed E-state index contributed by atoms with van der Waals surface area (Å²) in [5, 5.41) is 0. The first-order valence-electron chi connectivity index (χ1n) is 7.37. The minimum absolute atomic E-state index is 0.123. The highest BCUT2D eigenvalue weighted by Gasteiger charge is 2.20. The van der Waals surface area contributed by atoms with E-state index in [1.807, 2.05) is 49.5 Å². The second-order valence-corrected chi connectivity index (χ2v) is 6.32. The molecule has 2 aromatic rings. The zero-order chi connectivity index (χ0) is 17.7. The molecule has 0 spiro atoms. The van der Waals surface area contributed by atoms with Gasteiger partial charge in [-0.2, -0.15) is 0 Å². The van der Waals surface area contributed by atoms with E-state index in [0.717, 1.165) is 10.0 Å². The van der Waals surface area contributed by atoms with Crippen LogP contribution in [0.25, 0.3) is 5.57 Å². The minimum Gasteiger partial charge on any atom is -0.497 e. The van der Waals surface area contributed by atoms with Gasteiger partial charge >= 0.3 is 0 Å². The molecule has 0 N–H and O–H groups in total. The molecule has 0 amide bonds. The Bertz CT molecular complexity index is 752. The van der Waals surface area contributed by atoms with E-state index in [-0.39, 0.29) is 5.78 Å². The van der Waals surface area contributed by atoms with Gasteiger partial charge in [0.25, 0.3) is 0 Å². The number of methoxy groups -OCH3 is 2. The number of hydrogen-bond acceptors (Lipinski definition) is 4. The van der Waals surface area contributed by atoms with Crippen molar-refractivity contribution in [2.24, 2.45) is 0 Å². The molecule has 0 saturated heterocycles. The van der Waals surface area contributed by atoms with Gasteiger partial charge in [-0.1, -0.05) is 28.1 Å². The third kappa shape index (κ3) is 4.17. The van der Waals surface area contributed by atoms with Crippen molar-refractivity contribution >= 4 is 27.3 Å². The van der Waals surface area contributed by atoms with Gasteiger partial charge in [-0.15, -0.1) is 0 Å². The Labute approximate surface area is 150 Å². The van der Waals surface area contributed by atoms with Gasteiger partial charge in [-0.3, -0.25) is 4.79 Å². The lowest BCUT2D eigenvalue weighted by Gasteiger charge is -2.14. The van der Waals surface area contributed by atoms with Crippen LogP contribution in [0.3, 0.4) is 0 Å². The van der Waals surface area contributed by atoms with E-state index in [4.69, 9.17) is 9.47 Å². The maximum Gasteiger partial charge on any atom is 0.198 e. The highest BCUT2D eigenvalue weighted by molar-refractivity contribution is 9.10. The van der Waals surface area contributed by atoms with Gasteiger partial charge in [0.1, 0.15) is 11.5 Å². The summed E-state index contributed by atoms with van der Waals surface area (Å²) < 4.78 is 11.6. The molecule has 0 bridgehead atoms. The van der Waals surface area contributed by atoms with Crippen molar-refractivity contribution in [2.45, 2.75) is 0 Å². The van der Waals surface area contributed by atoms with Gasteiger partial charge in [-0.05, 0) is 35.9 Å². The lowest BCUT2D eigenvalue weighted by atomic mass is 9.96. The molecule has 2 rings (SSSR count). The number of rotatable bonds is 6. The second kappa shape index (κ2) is 8.02. The number of ether oxygens (including phenoxy) is 2. The van der Waals surface area contributed by atoms with Gasteiger partial charge in [0.05, 0.1) is 19.8 Å². The molecule has 126 valence electrons. The summed E-state index contributed by atoms with van der Waals surface area (Å²) in [6.07, 6.45) is 1.81. The first-order valence-corrected chi connectivity index (χ1v) is 8.16. The summed E-state index contributed by atoms with van der Waals surface area (Å²) in [5.74, 6) is 1.00. The van der Waals surface area contributed by atoms with Crippen molar-refractivity contribution in [1.82, 2.24) is 4.90 Å². The summed E-state index contributed by atoms with van der Waals surface area (Å²) in [7, 11) is 6.89. The molecule has 5 heteroatoms. The van der Waals surface area contributed by atoms with Crippen molar-refractivity contribution in [3.8, 4) is 11.5 Å². The minimum atomic E-state index is -0.123. The average molecular weight is 390 g/mol. The van der Waals surface area contributed by atoms with Crippen molar-refractivity contribution in [1.29, 1.82) is 0 Å². The Morgan fingerprint density at radius 1 is 1.04 bits per heavy atom. The molecule has 0 saturated carbocycles. The zero-order valence-electron chi connectivity index (χ0n) is 14.2. The molecule has 0 aliphatic rings. The van der Waals surface area contributed by atoms with E-state index < -0.39 is 0 Å². The van der Waals surface area contributed by atoms with Crippen LogP contribution in [0.5, 0.6) is 11.5 Å². The molecular formula is C19H20BrNO3. The second-order valence-electron chi connectivity index (χ2n) is 5.41. The Hall–Kier alpha value is -2.27. The summed E-state index contributed by atoms with van der Waals surface area (Å²) in [6.45, 7) is 0. The average Bonchev–Trinajstić information content (AvgIpc) is 2.59. The molecule has 4 nitrogen and oxygen atoms in total. The number of Topliss-reactive ketones (excluding diaryl/α,β-unsaturated/α-hetero) is 1. The SMILES string of the molecule is COc1ccc(OC)c(C(=O)C(=CN(C)C)c2ccc(Br)cc2)c1. The van der Waals surface area contributed by atoms with Crippen molar-refractivity contribution in [3.05, 3.63) is 64.3 Å². The van der Waals surface area contributed by atoms with Crippen LogP contribution in [0.4, 0.5) is 0 Å². The number of hydrogen-bond donors (Lipinski definition) is 0. The third-order valence-electron chi connectivity index (χ3n) is 3.44. The molecular weight excluding hydrogens is 370 g/mol. The number of benzene rings is 2. The summed E-state index contributed by atoms with van der Waals surface area (Å²) in [4.78, 5) is 15.0. The highest BCUT2D eigenvalue weighted by Crippen LogP contribution is 2.30. The number of halogens is 1. The van der Waals surface area contributed by atoms with Gasteiger partial charge in [0, 0.05) is 30.3 Å². The van der Waals surface area contributed by atoms with Crippen LogP contribution in [0.2, 0.25) is 0 Å². The molecule has 0 aromatic heterocycles. The number of allylic oxidation sites excluding steroid dienone is 1. The maximum absolute atomic E-state index is 13.2. The Kier molecular flexibility index (Phi) is 6.04. The van der Waals surface area contributed by atoms with Crippen LogP contribution in [-0.2, 0) is 0 Å².